The molecule has 0 bridgehead atoms. The van der Waals surface area contributed by atoms with Crippen molar-refractivity contribution in [2.45, 2.75) is 32.8 Å². The van der Waals surface area contributed by atoms with Gasteiger partial charge in [-0.25, -0.2) is 0 Å². The van der Waals surface area contributed by atoms with E-state index < -0.39 is 6.10 Å². The van der Waals surface area contributed by atoms with Crippen molar-refractivity contribution in [2.24, 2.45) is 0 Å². The first-order chi connectivity index (χ1) is 13.5. The SMILES string of the molecule is Cc1ccc(-c2oc3ccccc3c(=O)c2OC(C)C(=O)N2CCCC2)cc1. The second kappa shape index (κ2) is 7.50. The Morgan fingerprint density at radius 3 is 2.46 bits per heavy atom. The maximum Gasteiger partial charge on any atom is 0.263 e. The van der Waals surface area contributed by atoms with E-state index in [9.17, 15) is 9.59 Å². The number of carbonyl (C=O) groups is 1. The van der Waals surface area contributed by atoms with E-state index in [-0.39, 0.29) is 17.1 Å². The topological polar surface area (TPSA) is 59.8 Å². The first-order valence-electron chi connectivity index (χ1n) is 9.63. The summed E-state index contributed by atoms with van der Waals surface area (Å²) in [4.78, 5) is 27.6. The third-order valence-electron chi connectivity index (χ3n) is 5.13. The summed E-state index contributed by atoms with van der Waals surface area (Å²) in [6.07, 6.45) is 1.25. The summed E-state index contributed by atoms with van der Waals surface area (Å²) in [7, 11) is 0. The average molecular weight is 377 g/mol. The molecule has 2 heterocycles. The molecule has 0 saturated carbocycles. The van der Waals surface area contributed by atoms with E-state index >= 15 is 0 Å². The highest BCUT2D eigenvalue weighted by atomic mass is 16.5. The molecular weight excluding hydrogens is 354 g/mol. The van der Waals surface area contributed by atoms with Crippen molar-refractivity contribution < 1.29 is 13.9 Å². The molecule has 28 heavy (non-hydrogen) atoms. The minimum Gasteiger partial charge on any atom is -0.473 e. The van der Waals surface area contributed by atoms with Crippen LogP contribution in [0.2, 0.25) is 0 Å². The normalized spacial score (nSPS) is 15.0. The fraction of sp³-hybridized carbons (Fsp3) is 0.304. The highest BCUT2D eigenvalue weighted by molar-refractivity contribution is 5.84. The Kier molecular flexibility index (Phi) is 4.90. The van der Waals surface area contributed by atoms with E-state index in [2.05, 4.69) is 0 Å². The van der Waals surface area contributed by atoms with Crippen LogP contribution in [-0.2, 0) is 4.79 Å². The molecule has 0 N–H and O–H groups in total. The molecule has 1 fully saturated rings. The molecule has 0 spiro atoms. The zero-order valence-electron chi connectivity index (χ0n) is 16.1. The molecule has 4 rings (SSSR count). The van der Waals surface area contributed by atoms with Gasteiger partial charge in [0.2, 0.25) is 11.2 Å². The first-order valence-corrected chi connectivity index (χ1v) is 9.63. The van der Waals surface area contributed by atoms with Gasteiger partial charge in [-0.2, -0.15) is 0 Å². The van der Waals surface area contributed by atoms with Crippen molar-refractivity contribution in [1.29, 1.82) is 0 Å². The van der Waals surface area contributed by atoms with Crippen molar-refractivity contribution in [3.63, 3.8) is 0 Å². The van der Waals surface area contributed by atoms with E-state index in [0.29, 0.717) is 16.7 Å². The van der Waals surface area contributed by atoms with Crippen LogP contribution >= 0.6 is 0 Å². The van der Waals surface area contributed by atoms with Gasteiger partial charge >= 0.3 is 0 Å². The third kappa shape index (κ3) is 3.40. The predicted octanol–water partition coefficient (Wildman–Crippen LogP) is 4.16. The largest absolute Gasteiger partial charge is 0.473 e. The number of carbonyl (C=O) groups excluding carboxylic acids is 1. The minimum absolute atomic E-state index is 0.0857. The number of hydrogen-bond acceptors (Lipinski definition) is 4. The third-order valence-corrected chi connectivity index (χ3v) is 5.13. The molecule has 1 unspecified atom stereocenters. The average Bonchev–Trinajstić information content (AvgIpc) is 3.25. The van der Waals surface area contributed by atoms with Crippen molar-refractivity contribution in [3.05, 3.63) is 64.3 Å². The van der Waals surface area contributed by atoms with Crippen molar-refractivity contribution in [1.82, 2.24) is 4.90 Å². The zero-order valence-corrected chi connectivity index (χ0v) is 16.1. The van der Waals surface area contributed by atoms with Gasteiger partial charge in [0.25, 0.3) is 5.91 Å². The molecule has 5 heteroatoms. The van der Waals surface area contributed by atoms with Crippen LogP contribution in [0.3, 0.4) is 0 Å². The molecule has 1 atom stereocenters. The second-order valence-corrected chi connectivity index (χ2v) is 7.24. The molecule has 3 aromatic rings. The second-order valence-electron chi connectivity index (χ2n) is 7.24. The number of benzene rings is 2. The minimum atomic E-state index is -0.758. The maximum absolute atomic E-state index is 13.2. The smallest absolute Gasteiger partial charge is 0.263 e. The van der Waals surface area contributed by atoms with Gasteiger partial charge in [-0.3, -0.25) is 9.59 Å². The lowest BCUT2D eigenvalue weighted by atomic mass is 10.1. The fourth-order valence-corrected chi connectivity index (χ4v) is 3.55. The Bertz CT molecular complexity index is 1060. The zero-order chi connectivity index (χ0) is 19.7. The van der Waals surface area contributed by atoms with Crippen molar-refractivity contribution in [2.75, 3.05) is 13.1 Å². The fourth-order valence-electron chi connectivity index (χ4n) is 3.55. The van der Waals surface area contributed by atoms with Crippen LogP contribution in [0.15, 0.2) is 57.7 Å². The highest BCUT2D eigenvalue weighted by Crippen LogP contribution is 2.31. The van der Waals surface area contributed by atoms with E-state index in [1.165, 1.54) is 0 Å². The van der Waals surface area contributed by atoms with Crippen LogP contribution in [0, 0.1) is 6.92 Å². The standard InChI is InChI=1S/C23H23NO4/c1-15-9-11-17(12-10-15)21-22(20(25)18-7-3-4-8-19(18)28-21)27-16(2)23(26)24-13-5-6-14-24/h3-4,7-12,16H,5-6,13-14H2,1-2H3. The summed E-state index contributed by atoms with van der Waals surface area (Å²) in [6.45, 7) is 5.16. The summed E-state index contributed by atoms with van der Waals surface area (Å²) in [5.74, 6) is 0.340. The lowest BCUT2D eigenvalue weighted by Gasteiger charge is -2.22. The predicted molar refractivity (Wildman–Crippen MR) is 109 cm³/mol. The number of amides is 1. The monoisotopic (exact) mass is 377 g/mol. The molecule has 0 aliphatic carbocycles. The number of ether oxygens (including phenoxy) is 1. The Morgan fingerprint density at radius 2 is 1.75 bits per heavy atom. The molecule has 1 saturated heterocycles. The molecule has 2 aromatic carbocycles. The molecule has 144 valence electrons. The first kappa shape index (κ1) is 18.3. The molecule has 1 aliphatic heterocycles. The van der Waals surface area contributed by atoms with Gasteiger partial charge in [-0.1, -0.05) is 42.0 Å². The van der Waals surface area contributed by atoms with Gasteiger partial charge in [0.05, 0.1) is 5.39 Å². The van der Waals surface area contributed by atoms with Gasteiger partial charge in [-0.15, -0.1) is 0 Å². The molecule has 5 nitrogen and oxygen atoms in total. The van der Waals surface area contributed by atoms with Crippen molar-refractivity contribution >= 4 is 16.9 Å². The van der Waals surface area contributed by atoms with Crippen LogP contribution in [0.4, 0.5) is 0 Å². The summed E-state index contributed by atoms with van der Waals surface area (Å²) in [5.41, 5.74) is 2.07. The van der Waals surface area contributed by atoms with Crippen LogP contribution in [0.1, 0.15) is 25.3 Å². The van der Waals surface area contributed by atoms with Gasteiger partial charge in [-0.05, 0) is 38.8 Å². The van der Waals surface area contributed by atoms with Crippen molar-refractivity contribution in [3.8, 4) is 17.1 Å². The molecule has 0 radical (unpaired) electrons. The van der Waals surface area contributed by atoms with E-state index in [1.54, 1.807) is 30.0 Å². The lowest BCUT2D eigenvalue weighted by molar-refractivity contribution is -0.136. The Morgan fingerprint density at radius 1 is 1.07 bits per heavy atom. The molecule has 1 amide bonds. The Labute approximate surface area is 163 Å². The summed E-state index contributed by atoms with van der Waals surface area (Å²) in [5, 5.41) is 0.439. The number of nitrogens with zero attached hydrogens (tertiary/aromatic N) is 1. The number of aryl methyl sites for hydroxylation is 1. The van der Waals surface area contributed by atoms with E-state index in [1.807, 2.05) is 37.3 Å². The number of para-hydroxylation sites is 1. The highest BCUT2D eigenvalue weighted by Gasteiger charge is 2.27. The Hall–Kier alpha value is -3.08. The summed E-state index contributed by atoms with van der Waals surface area (Å²) >= 11 is 0. The quantitative estimate of drug-likeness (QED) is 0.685. The van der Waals surface area contributed by atoms with Crippen LogP contribution in [0.25, 0.3) is 22.3 Å². The molecular formula is C23H23NO4. The number of likely N-dealkylation sites (tertiary alicyclic amines) is 1. The maximum atomic E-state index is 13.2. The number of fused-ring (bicyclic) bond motifs is 1. The summed E-state index contributed by atoms with van der Waals surface area (Å²) < 4.78 is 12.0. The Balaban J connectivity index is 1.79. The lowest BCUT2D eigenvalue weighted by Crippen LogP contribution is -2.39. The summed E-state index contributed by atoms with van der Waals surface area (Å²) in [6, 6.07) is 14.8. The van der Waals surface area contributed by atoms with Gasteiger partial charge in [0.15, 0.2) is 11.9 Å². The number of rotatable bonds is 4. The number of hydrogen-bond donors (Lipinski definition) is 0. The van der Waals surface area contributed by atoms with E-state index in [4.69, 9.17) is 9.15 Å². The van der Waals surface area contributed by atoms with Crippen LogP contribution in [0.5, 0.6) is 5.75 Å². The van der Waals surface area contributed by atoms with Gasteiger partial charge in [0, 0.05) is 18.7 Å². The van der Waals surface area contributed by atoms with Crippen LogP contribution < -0.4 is 10.2 Å². The van der Waals surface area contributed by atoms with Gasteiger partial charge < -0.3 is 14.1 Å². The molecule has 1 aliphatic rings. The van der Waals surface area contributed by atoms with Crippen LogP contribution in [-0.4, -0.2) is 30.0 Å². The molecule has 1 aromatic heterocycles. The van der Waals surface area contributed by atoms with Gasteiger partial charge in [0.1, 0.15) is 5.58 Å². The van der Waals surface area contributed by atoms with E-state index in [0.717, 1.165) is 37.1 Å².